The highest BCUT2D eigenvalue weighted by molar-refractivity contribution is 8.00. The number of thioether (sulfide) groups is 1. The Kier molecular flexibility index (Phi) is 8.03. The van der Waals surface area contributed by atoms with Gasteiger partial charge in [-0.1, -0.05) is 41.9 Å². The summed E-state index contributed by atoms with van der Waals surface area (Å²) in [5, 5.41) is 5.49. The smallest absolute Gasteiger partial charge is 0.242 e. The second kappa shape index (κ2) is 10.9. The van der Waals surface area contributed by atoms with E-state index in [-0.39, 0.29) is 11.8 Å². The number of nitrogens with one attached hydrogen (secondary N) is 2. The molecule has 1 unspecified atom stereocenters. The number of halogens is 1. The first kappa shape index (κ1) is 23.5. The largest absolute Gasteiger partial charge is 0.495 e. The molecule has 0 fully saturated rings. The molecule has 2 N–H and O–H groups in total. The standard InChI is InChI=1S/C24H23ClN2O4S/c1-15(28)26-17-9-11-18(12-10-17)32-23(16-7-5-4-6-8-16)24(29)27-20-13-19(25)21(30-2)14-22(20)31-3/h4-14,23H,1-3H3,(H,26,28)(H,27,29). The Morgan fingerprint density at radius 1 is 0.906 bits per heavy atom. The summed E-state index contributed by atoms with van der Waals surface area (Å²) in [6.07, 6.45) is 0. The summed E-state index contributed by atoms with van der Waals surface area (Å²) >= 11 is 7.65. The van der Waals surface area contributed by atoms with Gasteiger partial charge in [0.15, 0.2) is 0 Å². The fourth-order valence-corrected chi connectivity index (χ4v) is 4.28. The summed E-state index contributed by atoms with van der Waals surface area (Å²) in [6.45, 7) is 1.46. The van der Waals surface area contributed by atoms with Crippen LogP contribution in [0.1, 0.15) is 17.7 Å². The van der Waals surface area contributed by atoms with E-state index in [0.29, 0.717) is 27.9 Å². The molecule has 3 rings (SSSR count). The molecule has 0 aliphatic rings. The third-order valence-corrected chi connectivity index (χ3v) is 6.06. The van der Waals surface area contributed by atoms with Crippen molar-refractivity contribution in [3.8, 4) is 11.5 Å². The molecule has 3 aromatic carbocycles. The molecule has 2 amide bonds. The summed E-state index contributed by atoms with van der Waals surface area (Å²) in [5.41, 5.74) is 1.99. The fraction of sp³-hybridized carbons (Fsp3) is 0.167. The number of hydrogen-bond acceptors (Lipinski definition) is 5. The molecule has 166 valence electrons. The molecule has 3 aromatic rings. The number of benzene rings is 3. The lowest BCUT2D eigenvalue weighted by Gasteiger charge is -2.19. The SMILES string of the molecule is COc1cc(OC)c(NC(=O)C(Sc2ccc(NC(C)=O)cc2)c2ccccc2)cc1Cl. The molecule has 0 bridgehead atoms. The van der Waals surface area contributed by atoms with Crippen molar-refractivity contribution in [2.45, 2.75) is 17.1 Å². The van der Waals surface area contributed by atoms with Crippen molar-refractivity contribution in [1.82, 2.24) is 0 Å². The molecule has 1 atom stereocenters. The van der Waals surface area contributed by atoms with E-state index in [0.717, 1.165) is 10.5 Å². The number of ether oxygens (including phenoxy) is 2. The van der Waals surface area contributed by atoms with Crippen LogP contribution in [0.4, 0.5) is 11.4 Å². The minimum Gasteiger partial charge on any atom is -0.495 e. The normalized spacial score (nSPS) is 11.4. The molecule has 0 heterocycles. The summed E-state index contributed by atoms with van der Waals surface area (Å²) in [6, 6.07) is 20.1. The Hall–Kier alpha value is -3.16. The van der Waals surface area contributed by atoms with Crippen LogP contribution in [0.15, 0.2) is 71.6 Å². The summed E-state index contributed by atoms with van der Waals surface area (Å²) in [4.78, 5) is 25.5. The molecule has 0 aliphatic heterocycles. The van der Waals surface area contributed by atoms with Crippen molar-refractivity contribution in [1.29, 1.82) is 0 Å². The molecule has 6 nitrogen and oxygen atoms in total. The maximum Gasteiger partial charge on any atom is 0.242 e. The molecule has 0 saturated carbocycles. The highest BCUT2D eigenvalue weighted by atomic mass is 35.5. The van der Waals surface area contributed by atoms with Crippen molar-refractivity contribution in [3.63, 3.8) is 0 Å². The van der Waals surface area contributed by atoms with Gasteiger partial charge in [0.2, 0.25) is 11.8 Å². The minimum atomic E-state index is -0.534. The lowest BCUT2D eigenvalue weighted by atomic mass is 10.1. The molecule has 0 spiro atoms. The summed E-state index contributed by atoms with van der Waals surface area (Å²) in [5.74, 6) is 0.525. The zero-order chi connectivity index (χ0) is 23.1. The van der Waals surface area contributed by atoms with E-state index in [9.17, 15) is 9.59 Å². The molecule has 0 aromatic heterocycles. The first-order valence-corrected chi connectivity index (χ1v) is 11.0. The van der Waals surface area contributed by atoms with E-state index in [1.807, 2.05) is 42.5 Å². The van der Waals surface area contributed by atoms with Gasteiger partial charge in [-0.3, -0.25) is 9.59 Å². The zero-order valence-electron chi connectivity index (χ0n) is 17.8. The van der Waals surface area contributed by atoms with Crippen LogP contribution in [-0.4, -0.2) is 26.0 Å². The van der Waals surface area contributed by atoms with Crippen LogP contribution >= 0.6 is 23.4 Å². The van der Waals surface area contributed by atoms with Gasteiger partial charge in [0.25, 0.3) is 0 Å². The molecule has 8 heteroatoms. The van der Waals surface area contributed by atoms with Crippen LogP contribution in [0, 0.1) is 0 Å². The van der Waals surface area contributed by atoms with Crippen molar-refractivity contribution in [2.75, 3.05) is 24.9 Å². The number of hydrogen-bond donors (Lipinski definition) is 2. The maximum atomic E-state index is 13.3. The van der Waals surface area contributed by atoms with Gasteiger partial charge in [-0.05, 0) is 35.9 Å². The average Bonchev–Trinajstić information content (AvgIpc) is 2.79. The van der Waals surface area contributed by atoms with E-state index < -0.39 is 5.25 Å². The van der Waals surface area contributed by atoms with Crippen molar-refractivity contribution >= 4 is 46.6 Å². The maximum absolute atomic E-state index is 13.3. The van der Waals surface area contributed by atoms with Gasteiger partial charge in [0.05, 0.1) is 24.9 Å². The number of methoxy groups -OCH3 is 2. The molecule has 0 saturated heterocycles. The zero-order valence-corrected chi connectivity index (χ0v) is 19.4. The van der Waals surface area contributed by atoms with Crippen LogP contribution in [0.25, 0.3) is 0 Å². The number of carbonyl (C=O) groups excluding carboxylic acids is 2. The third kappa shape index (κ3) is 5.96. The average molecular weight is 471 g/mol. The molecule has 0 radical (unpaired) electrons. The van der Waals surface area contributed by atoms with Gasteiger partial charge in [0, 0.05) is 23.6 Å². The van der Waals surface area contributed by atoms with Gasteiger partial charge in [0.1, 0.15) is 16.7 Å². The van der Waals surface area contributed by atoms with Crippen LogP contribution < -0.4 is 20.1 Å². The Balaban J connectivity index is 1.87. The van der Waals surface area contributed by atoms with Crippen LogP contribution in [0.3, 0.4) is 0 Å². The Labute approximate surface area is 196 Å². The van der Waals surface area contributed by atoms with Crippen LogP contribution in [0.2, 0.25) is 5.02 Å². The molecular weight excluding hydrogens is 448 g/mol. The Morgan fingerprint density at radius 2 is 1.56 bits per heavy atom. The quantitative estimate of drug-likeness (QED) is 0.407. The monoisotopic (exact) mass is 470 g/mol. The third-order valence-electron chi connectivity index (χ3n) is 4.50. The Morgan fingerprint density at radius 3 is 2.16 bits per heavy atom. The highest BCUT2D eigenvalue weighted by Gasteiger charge is 2.24. The van der Waals surface area contributed by atoms with Gasteiger partial charge < -0.3 is 20.1 Å². The second-order valence-electron chi connectivity index (χ2n) is 6.79. The number of rotatable bonds is 8. The first-order valence-electron chi connectivity index (χ1n) is 9.73. The molecule has 32 heavy (non-hydrogen) atoms. The summed E-state index contributed by atoms with van der Waals surface area (Å²) < 4.78 is 10.6. The second-order valence-corrected chi connectivity index (χ2v) is 8.38. The predicted octanol–water partition coefficient (Wildman–Crippen LogP) is 5.79. The molecular formula is C24H23ClN2O4S. The van der Waals surface area contributed by atoms with E-state index in [1.165, 1.54) is 32.9 Å². The van der Waals surface area contributed by atoms with Gasteiger partial charge in [-0.15, -0.1) is 11.8 Å². The summed E-state index contributed by atoms with van der Waals surface area (Å²) in [7, 11) is 3.02. The Bertz CT molecular complexity index is 1090. The van der Waals surface area contributed by atoms with E-state index in [4.69, 9.17) is 21.1 Å². The van der Waals surface area contributed by atoms with Crippen LogP contribution in [-0.2, 0) is 9.59 Å². The van der Waals surface area contributed by atoms with E-state index in [2.05, 4.69) is 10.6 Å². The minimum absolute atomic E-state index is 0.140. The van der Waals surface area contributed by atoms with E-state index >= 15 is 0 Å². The topological polar surface area (TPSA) is 76.7 Å². The van der Waals surface area contributed by atoms with Gasteiger partial charge in [-0.2, -0.15) is 0 Å². The lowest BCUT2D eigenvalue weighted by Crippen LogP contribution is -2.19. The predicted molar refractivity (Wildman–Crippen MR) is 129 cm³/mol. The highest BCUT2D eigenvalue weighted by Crippen LogP contribution is 2.39. The van der Waals surface area contributed by atoms with Gasteiger partial charge >= 0.3 is 0 Å². The van der Waals surface area contributed by atoms with Crippen LogP contribution in [0.5, 0.6) is 11.5 Å². The van der Waals surface area contributed by atoms with Crippen molar-refractivity contribution in [3.05, 3.63) is 77.3 Å². The van der Waals surface area contributed by atoms with Crippen molar-refractivity contribution in [2.24, 2.45) is 0 Å². The van der Waals surface area contributed by atoms with Gasteiger partial charge in [-0.25, -0.2) is 0 Å². The first-order chi connectivity index (χ1) is 15.4. The number of amides is 2. The lowest BCUT2D eigenvalue weighted by molar-refractivity contribution is -0.116. The number of carbonyl (C=O) groups is 2. The number of anilines is 2. The fourth-order valence-electron chi connectivity index (χ4n) is 3.01. The van der Waals surface area contributed by atoms with Crippen molar-refractivity contribution < 1.29 is 19.1 Å². The van der Waals surface area contributed by atoms with E-state index in [1.54, 1.807) is 24.3 Å². The molecule has 0 aliphatic carbocycles.